The number of hydrogen-bond acceptors (Lipinski definition) is 7. The van der Waals surface area contributed by atoms with Crippen LogP contribution in [0.3, 0.4) is 0 Å². The third-order valence-corrected chi connectivity index (χ3v) is 4.10. The molecule has 2 aromatic rings. The molecule has 8 nitrogen and oxygen atoms in total. The van der Waals surface area contributed by atoms with Crippen molar-refractivity contribution < 1.29 is 33.3 Å². The van der Waals surface area contributed by atoms with Gasteiger partial charge in [-0.15, -0.1) is 0 Å². The summed E-state index contributed by atoms with van der Waals surface area (Å²) in [6.45, 7) is 0.520. The van der Waals surface area contributed by atoms with Gasteiger partial charge in [0, 0.05) is 12.1 Å². The van der Waals surface area contributed by atoms with E-state index in [0.29, 0.717) is 47.1 Å². The van der Waals surface area contributed by atoms with Crippen molar-refractivity contribution in [3.05, 3.63) is 47.5 Å². The van der Waals surface area contributed by atoms with Gasteiger partial charge in [-0.2, -0.15) is 0 Å². The minimum absolute atomic E-state index is 0.166. The average molecular weight is 403 g/mol. The van der Waals surface area contributed by atoms with Gasteiger partial charge in [-0.1, -0.05) is 0 Å². The highest BCUT2D eigenvalue weighted by Gasteiger charge is 2.13. The van der Waals surface area contributed by atoms with Crippen molar-refractivity contribution in [2.75, 3.05) is 41.6 Å². The quantitative estimate of drug-likeness (QED) is 0.482. The molecule has 29 heavy (non-hydrogen) atoms. The summed E-state index contributed by atoms with van der Waals surface area (Å²) in [5, 5.41) is 2.77. The van der Waals surface area contributed by atoms with Gasteiger partial charge < -0.3 is 29.0 Å². The molecule has 0 radical (unpaired) electrons. The van der Waals surface area contributed by atoms with Crippen LogP contribution in [-0.2, 0) is 4.74 Å². The Morgan fingerprint density at radius 3 is 1.83 bits per heavy atom. The number of amides is 1. The Kier molecular flexibility index (Phi) is 8.14. The second-order valence-corrected chi connectivity index (χ2v) is 5.88. The first-order valence-electron chi connectivity index (χ1n) is 8.93. The van der Waals surface area contributed by atoms with E-state index in [1.165, 1.54) is 28.4 Å². The minimum atomic E-state index is -0.475. The Balaban J connectivity index is 1.79. The fourth-order valence-electron chi connectivity index (χ4n) is 2.57. The second kappa shape index (κ2) is 10.8. The van der Waals surface area contributed by atoms with E-state index < -0.39 is 5.97 Å². The number of carbonyl (C=O) groups excluding carboxylic acids is 2. The molecule has 1 amide bonds. The lowest BCUT2D eigenvalue weighted by atomic mass is 10.2. The molecule has 2 rings (SSSR count). The average Bonchev–Trinajstić information content (AvgIpc) is 2.77. The predicted molar refractivity (Wildman–Crippen MR) is 106 cm³/mol. The van der Waals surface area contributed by atoms with E-state index in [2.05, 4.69) is 5.32 Å². The van der Waals surface area contributed by atoms with Crippen LogP contribution in [0, 0.1) is 0 Å². The van der Waals surface area contributed by atoms with Gasteiger partial charge in [-0.05, 0) is 42.8 Å². The Labute approximate surface area is 169 Å². The van der Waals surface area contributed by atoms with E-state index in [1.54, 1.807) is 36.4 Å². The number of ether oxygens (including phenoxy) is 5. The van der Waals surface area contributed by atoms with E-state index in [9.17, 15) is 9.59 Å². The third-order valence-electron chi connectivity index (χ3n) is 4.10. The molecular weight excluding hydrogens is 378 g/mol. The maximum Gasteiger partial charge on any atom is 0.338 e. The molecule has 2 aromatic carbocycles. The number of carbonyl (C=O) groups is 2. The summed E-state index contributed by atoms with van der Waals surface area (Å²) in [4.78, 5) is 24.4. The number of esters is 1. The first-order valence-corrected chi connectivity index (χ1v) is 8.93. The largest absolute Gasteiger partial charge is 0.493 e. The lowest BCUT2D eigenvalue weighted by Gasteiger charge is -2.11. The molecule has 0 atom stereocenters. The molecule has 0 bridgehead atoms. The highest BCUT2D eigenvalue weighted by Crippen LogP contribution is 2.28. The van der Waals surface area contributed by atoms with E-state index in [0.717, 1.165) is 0 Å². The van der Waals surface area contributed by atoms with Crippen LogP contribution < -0.4 is 24.3 Å². The Morgan fingerprint density at radius 1 is 0.759 bits per heavy atom. The zero-order valence-corrected chi connectivity index (χ0v) is 16.9. The molecule has 0 spiro atoms. The van der Waals surface area contributed by atoms with Gasteiger partial charge in [0.15, 0.2) is 23.0 Å². The summed E-state index contributed by atoms with van der Waals surface area (Å²) in [5.41, 5.74) is 0.807. The first kappa shape index (κ1) is 21.9. The fourth-order valence-corrected chi connectivity index (χ4v) is 2.57. The smallest absolute Gasteiger partial charge is 0.338 e. The van der Waals surface area contributed by atoms with Crippen molar-refractivity contribution in [2.45, 2.75) is 6.42 Å². The SMILES string of the molecule is COc1ccc(C(=O)NCCCOC(=O)c2ccc(OC)c(OC)c2)cc1OC. The van der Waals surface area contributed by atoms with Crippen LogP contribution in [-0.4, -0.2) is 53.5 Å². The summed E-state index contributed by atoms with van der Waals surface area (Å²) in [6, 6.07) is 9.71. The van der Waals surface area contributed by atoms with E-state index in [-0.39, 0.29) is 12.5 Å². The third kappa shape index (κ3) is 5.78. The van der Waals surface area contributed by atoms with Crippen molar-refractivity contribution in [3.63, 3.8) is 0 Å². The van der Waals surface area contributed by atoms with Crippen LogP contribution in [0.15, 0.2) is 36.4 Å². The van der Waals surface area contributed by atoms with Crippen LogP contribution in [0.25, 0.3) is 0 Å². The van der Waals surface area contributed by atoms with E-state index in [1.807, 2.05) is 0 Å². The van der Waals surface area contributed by atoms with Crippen molar-refractivity contribution in [3.8, 4) is 23.0 Å². The second-order valence-electron chi connectivity index (χ2n) is 5.88. The molecule has 8 heteroatoms. The van der Waals surface area contributed by atoms with Crippen molar-refractivity contribution in [1.82, 2.24) is 5.32 Å². The first-order chi connectivity index (χ1) is 14.0. The number of benzene rings is 2. The number of nitrogens with one attached hydrogen (secondary N) is 1. The normalized spacial score (nSPS) is 10.1. The monoisotopic (exact) mass is 403 g/mol. The summed E-state index contributed by atoms with van der Waals surface area (Å²) >= 11 is 0. The molecule has 0 saturated heterocycles. The summed E-state index contributed by atoms with van der Waals surface area (Å²) in [7, 11) is 6.05. The Morgan fingerprint density at radius 2 is 1.28 bits per heavy atom. The Hall–Kier alpha value is -3.42. The van der Waals surface area contributed by atoms with Gasteiger partial charge in [0.1, 0.15) is 0 Å². The van der Waals surface area contributed by atoms with Gasteiger partial charge >= 0.3 is 5.97 Å². The summed E-state index contributed by atoms with van der Waals surface area (Å²) in [5.74, 6) is 1.27. The Bertz CT molecular complexity index is 781. The number of rotatable bonds is 10. The highest BCUT2D eigenvalue weighted by molar-refractivity contribution is 5.94. The molecule has 0 heterocycles. The topological polar surface area (TPSA) is 92.3 Å². The zero-order valence-electron chi connectivity index (χ0n) is 16.9. The van der Waals surface area contributed by atoms with E-state index in [4.69, 9.17) is 23.7 Å². The van der Waals surface area contributed by atoms with Crippen molar-refractivity contribution in [2.24, 2.45) is 0 Å². The molecule has 0 aromatic heterocycles. The summed E-state index contributed by atoms with van der Waals surface area (Å²) in [6.07, 6.45) is 0.470. The minimum Gasteiger partial charge on any atom is -0.493 e. The lowest BCUT2D eigenvalue weighted by molar-refractivity contribution is 0.0500. The maximum absolute atomic E-state index is 12.2. The predicted octanol–water partition coefficient (Wildman–Crippen LogP) is 2.70. The maximum atomic E-state index is 12.2. The van der Waals surface area contributed by atoms with Gasteiger partial charge in [0.05, 0.1) is 40.6 Å². The highest BCUT2D eigenvalue weighted by atomic mass is 16.5. The fraction of sp³-hybridized carbons (Fsp3) is 0.333. The van der Waals surface area contributed by atoms with Gasteiger partial charge in [0.25, 0.3) is 5.91 Å². The molecule has 0 aliphatic carbocycles. The molecule has 1 N–H and O–H groups in total. The van der Waals surface area contributed by atoms with E-state index >= 15 is 0 Å². The lowest BCUT2D eigenvalue weighted by Crippen LogP contribution is -2.25. The number of hydrogen-bond donors (Lipinski definition) is 1. The van der Waals surface area contributed by atoms with Crippen molar-refractivity contribution in [1.29, 1.82) is 0 Å². The van der Waals surface area contributed by atoms with Crippen LogP contribution in [0.4, 0.5) is 0 Å². The van der Waals surface area contributed by atoms with Gasteiger partial charge in [-0.25, -0.2) is 4.79 Å². The molecule has 0 fully saturated rings. The standard InChI is InChI=1S/C21H25NO7/c1-25-16-8-6-14(12-18(16)27-3)20(23)22-10-5-11-29-21(24)15-7-9-17(26-2)19(13-15)28-4/h6-9,12-13H,5,10-11H2,1-4H3,(H,22,23). The molecule has 0 aliphatic rings. The molecule has 0 unspecified atom stereocenters. The summed E-state index contributed by atoms with van der Waals surface area (Å²) < 4.78 is 25.9. The van der Waals surface area contributed by atoms with Gasteiger partial charge in [0.2, 0.25) is 0 Å². The van der Waals surface area contributed by atoms with Gasteiger partial charge in [-0.3, -0.25) is 4.79 Å². The van der Waals surface area contributed by atoms with Crippen LogP contribution in [0.2, 0.25) is 0 Å². The van der Waals surface area contributed by atoms with Crippen LogP contribution >= 0.6 is 0 Å². The molecule has 0 saturated carbocycles. The molecule has 0 aliphatic heterocycles. The zero-order chi connectivity index (χ0) is 21.2. The molecular formula is C21H25NO7. The number of methoxy groups -OCH3 is 4. The van der Waals surface area contributed by atoms with Crippen LogP contribution in [0.1, 0.15) is 27.1 Å². The molecule has 156 valence electrons. The van der Waals surface area contributed by atoms with Crippen LogP contribution in [0.5, 0.6) is 23.0 Å². The van der Waals surface area contributed by atoms with Crippen molar-refractivity contribution >= 4 is 11.9 Å².